The minimum absolute atomic E-state index is 0.0636. The molecule has 22 heavy (non-hydrogen) atoms. The van der Waals surface area contributed by atoms with E-state index >= 15 is 0 Å². The Morgan fingerprint density at radius 2 is 2.41 bits per heavy atom. The third-order valence-corrected chi connectivity index (χ3v) is 4.28. The number of rotatable bonds is 4. The van der Waals surface area contributed by atoms with Gasteiger partial charge in [0, 0.05) is 25.7 Å². The topological polar surface area (TPSA) is 72.7 Å². The van der Waals surface area contributed by atoms with E-state index in [4.69, 9.17) is 0 Å². The van der Waals surface area contributed by atoms with Crippen LogP contribution in [0.4, 0.5) is 0 Å². The smallest absolute Gasteiger partial charge is 0.229 e. The van der Waals surface area contributed by atoms with Crippen LogP contribution >= 0.6 is 0 Å². The molecule has 1 amide bonds. The molecule has 2 heterocycles. The summed E-state index contributed by atoms with van der Waals surface area (Å²) in [5.74, 6) is 0.941. The summed E-state index contributed by atoms with van der Waals surface area (Å²) in [6.45, 7) is 2.60. The lowest BCUT2D eigenvalue weighted by molar-refractivity contribution is -0.123. The minimum atomic E-state index is -0.128. The molecule has 0 bridgehead atoms. The molecule has 2 aromatic rings. The van der Waals surface area contributed by atoms with Crippen LogP contribution in [0.3, 0.4) is 0 Å². The molecule has 1 aliphatic carbocycles. The van der Waals surface area contributed by atoms with Crippen molar-refractivity contribution in [3.05, 3.63) is 41.7 Å². The molecule has 6 nitrogen and oxygen atoms in total. The highest BCUT2D eigenvalue weighted by atomic mass is 16.1. The summed E-state index contributed by atoms with van der Waals surface area (Å²) < 4.78 is 1.88. The number of aromatic nitrogens is 4. The molecule has 3 rings (SSSR count). The van der Waals surface area contributed by atoms with Crippen molar-refractivity contribution < 1.29 is 4.79 Å². The zero-order chi connectivity index (χ0) is 15.5. The maximum Gasteiger partial charge on any atom is 0.229 e. The van der Waals surface area contributed by atoms with E-state index in [9.17, 15) is 4.79 Å². The Bertz CT molecular complexity index is 666. The maximum atomic E-state index is 12.5. The van der Waals surface area contributed by atoms with Crippen molar-refractivity contribution in [2.75, 3.05) is 6.54 Å². The maximum absolute atomic E-state index is 12.5. The number of carbonyl (C=O) groups excluding carboxylic acids is 1. The Hall–Kier alpha value is -2.24. The molecule has 0 fully saturated rings. The van der Waals surface area contributed by atoms with Crippen LogP contribution in [0.2, 0.25) is 0 Å². The van der Waals surface area contributed by atoms with Gasteiger partial charge >= 0.3 is 0 Å². The van der Waals surface area contributed by atoms with Crippen LogP contribution in [0.1, 0.15) is 48.7 Å². The number of nitrogens with one attached hydrogen (secondary N) is 1. The zero-order valence-electron chi connectivity index (χ0n) is 13.0. The number of nitrogens with zero attached hydrogens (tertiary/aromatic N) is 4. The minimum Gasteiger partial charge on any atom is -0.355 e. The zero-order valence-corrected chi connectivity index (χ0v) is 13.0. The van der Waals surface area contributed by atoms with Crippen molar-refractivity contribution in [3.8, 4) is 0 Å². The van der Waals surface area contributed by atoms with Gasteiger partial charge in [0.1, 0.15) is 12.2 Å². The van der Waals surface area contributed by atoms with Crippen LogP contribution in [-0.4, -0.2) is 32.2 Å². The Labute approximate surface area is 130 Å². The first kappa shape index (κ1) is 14.7. The molecule has 0 saturated heterocycles. The number of hydrogen-bond acceptors (Lipinski definition) is 4. The highest BCUT2D eigenvalue weighted by molar-refractivity contribution is 5.83. The monoisotopic (exact) mass is 299 g/mol. The lowest BCUT2D eigenvalue weighted by Gasteiger charge is -2.24. The molecular weight excluding hydrogens is 278 g/mol. The third-order valence-electron chi connectivity index (χ3n) is 4.28. The van der Waals surface area contributed by atoms with Gasteiger partial charge < -0.3 is 9.88 Å². The molecule has 0 spiro atoms. The second-order valence-electron chi connectivity index (χ2n) is 5.94. The van der Waals surface area contributed by atoms with Gasteiger partial charge in [0.05, 0.1) is 11.6 Å². The molecule has 0 radical (unpaired) electrons. The fraction of sp³-hybridized carbons (Fsp3) is 0.500. The van der Waals surface area contributed by atoms with Crippen molar-refractivity contribution in [2.45, 2.75) is 38.0 Å². The standard InChI is InChI=1S/C16H21N5O/c1-11(15-20-19-10-21(15)2)9-18-16(22)13-7-3-5-12-6-4-8-17-14(12)13/h4,6,8,10-11,13H,3,5,7,9H2,1-2H3,(H,18,22). The van der Waals surface area contributed by atoms with Gasteiger partial charge in [0.2, 0.25) is 5.91 Å². The summed E-state index contributed by atoms with van der Waals surface area (Å²) in [5.41, 5.74) is 2.15. The Morgan fingerprint density at radius 1 is 1.55 bits per heavy atom. The predicted octanol–water partition coefficient (Wildman–Crippen LogP) is 1.55. The van der Waals surface area contributed by atoms with Gasteiger partial charge in [-0.1, -0.05) is 13.0 Å². The SMILES string of the molecule is CC(CNC(=O)C1CCCc2cccnc21)c1nncn1C. The summed E-state index contributed by atoms with van der Waals surface area (Å²) in [6.07, 6.45) is 6.37. The fourth-order valence-corrected chi connectivity index (χ4v) is 3.07. The average molecular weight is 299 g/mol. The normalized spacial score (nSPS) is 18.5. The number of aryl methyl sites for hydroxylation is 2. The molecule has 0 saturated carbocycles. The summed E-state index contributed by atoms with van der Waals surface area (Å²) in [6, 6.07) is 4.01. The van der Waals surface area contributed by atoms with Gasteiger partial charge in [-0.2, -0.15) is 0 Å². The highest BCUT2D eigenvalue weighted by Crippen LogP contribution is 2.29. The van der Waals surface area contributed by atoms with Gasteiger partial charge in [0.15, 0.2) is 0 Å². The average Bonchev–Trinajstić information content (AvgIpc) is 2.98. The summed E-state index contributed by atoms with van der Waals surface area (Å²) in [4.78, 5) is 17.0. The Morgan fingerprint density at radius 3 is 3.18 bits per heavy atom. The van der Waals surface area contributed by atoms with Crippen molar-refractivity contribution >= 4 is 5.91 Å². The second kappa shape index (κ2) is 6.25. The second-order valence-corrected chi connectivity index (χ2v) is 5.94. The van der Waals surface area contributed by atoms with Gasteiger partial charge in [-0.25, -0.2) is 0 Å². The molecule has 2 atom stereocenters. The van der Waals surface area contributed by atoms with Crippen LogP contribution in [0.15, 0.2) is 24.7 Å². The largest absolute Gasteiger partial charge is 0.355 e. The van der Waals surface area contributed by atoms with Gasteiger partial charge in [-0.15, -0.1) is 10.2 Å². The summed E-state index contributed by atoms with van der Waals surface area (Å²) in [7, 11) is 1.91. The van der Waals surface area contributed by atoms with E-state index in [1.54, 1.807) is 12.5 Å². The van der Waals surface area contributed by atoms with Gasteiger partial charge in [0.25, 0.3) is 0 Å². The van der Waals surface area contributed by atoms with E-state index in [0.29, 0.717) is 6.54 Å². The van der Waals surface area contributed by atoms with Crippen molar-refractivity contribution in [1.29, 1.82) is 0 Å². The van der Waals surface area contributed by atoms with Gasteiger partial charge in [-0.3, -0.25) is 9.78 Å². The third kappa shape index (κ3) is 2.86. The van der Waals surface area contributed by atoms with E-state index in [1.165, 1.54) is 5.56 Å². The van der Waals surface area contributed by atoms with E-state index in [1.807, 2.05) is 24.6 Å². The predicted molar refractivity (Wildman–Crippen MR) is 82.3 cm³/mol. The van der Waals surface area contributed by atoms with E-state index in [0.717, 1.165) is 30.8 Å². The number of pyridine rings is 1. The first-order valence-corrected chi connectivity index (χ1v) is 7.72. The molecule has 2 aromatic heterocycles. The number of fused-ring (bicyclic) bond motifs is 1. The van der Waals surface area contributed by atoms with Crippen LogP contribution in [-0.2, 0) is 18.3 Å². The first-order chi connectivity index (χ1) is 10.7. The lowest BCUT2D eigenvalue weighted by atomic mass is 9.86. The molecule has 0 aliphatic heterocycles. The molecule has 116 valence electrons. The quantitative estimate of drug-likeness (QED) is 0.929. The van der Waals surface area contributed by atoms with E-state index < -0.39 is 0 Å². The Balaban J connectivity index is 1.65. The van der Waals surface area contributed by atoms with E-state index in [-0.39, 0.29) is 17.7 Å². The first-order valence-electron chi connectivity index (χ1n) is 7.72. The van der Waals surface area contributed by atoms with Crippen molar-refractivity contribution in [1.82, 2.24) is 25.1 Å². The number of hydrogen-bond donors (Lipinski definition) is 1. The van der Waals surface area contributed by atoms with Crippen LogP contribution in [0.5, 0.6) is 0 Å². The molecule has 0 aromatic carbocycles. The van der Waals surface area contributed by atoms with E-state index in [2.05, 4.69) is 26.6 Å². The van der Waals surface area contributed by atoms with Crippen LogP contribution in [0, 0.1) is 0 Å². The number of amides is 1. The molecule has 6 heteroatoms. The highest BCUT2D eigenvalue weighted by Gasteiger charge is 2.27. The lowest BCUT2D eigenvalue weighted by Crippen LogP contribution is -2.34. The van der Waals surface area contributed by atoms with Gasteiger partial charge in [-0.05, 0) is 30.9 Å². The van der Waals surface area contributed by atoms with Crippen LogP contribution in [0.25, 0.3) is 0 Å². The molecular formula is C16H21N5O. The Kier molecular flexibility index (Phi) is 4.18. The molecule has 1 aliphatic rings. The summed E-state index contributed by atoms with van der Waals surface area (Å²) in [5, 5.41) is 11.0. The van der Waals surface area contributed by atoms with Crippen molar-refractivity contribution in [3.63, 3.8) is 0 Å². The van der Waals surface area contributed by atoms with Crippen LogP contribution < -0.4 is 5.32 Å². The number of carbonyl (C=O) groups is 1. The molecule has 2 unspecified atom stereocenters. The fourth-order valence-electron chi connectivity index (χ4n) is 3.07. The summed E-state index contributed by atoms with van der Waals surface area (Å²) >= 11 is 0. The molecule has 1 N–H and O–H groups in total. The van der Waals surface area contributed by atoms with Crippen molar-refractivity contribution in [2.24, 2.45) is 7.05 Å².